The number of alkyl halides is 3. The highest BCUT2D eigenvalue weighted by atomic mass is 19.4. The normalized spacial score (nSPS) is 34.3. The first-order chi connectivity index (χ1) is 8.57. The minimum absolute atomic E-state index is 0.283. The van der Waals surface area contributed by atoms with Crippen molar-refractivity contribution in [2.45, 2.75) is 65.6 Å². The Labute approximate surface area is 114 Å². The van der Waals surface area contributed by atoms with Crippen molar-refractivity contribution in [2.24, 2.45) is 22.7 Å². The van der Waals surface area contributed by atoms with Crippen LogP contribution in [0, 0.1) is 22.7 Å². The molecule has 1 nitrogen and oxygen atoms in total. The topological polar surface area (TPSA) is 12.0 Å². The van der Waals surface area contributed by atoms with Crippen molar-refractivity contribution >= 4 is 0 Å². The quantitative estimate of drug-likeness (QED) is 0.807. The molecule has 2 aliphatic rings. The van der Waals surface area contributed by atoms with Crippen LogP contribution in [0.4, 0.5) is 13.2 Å². The van der Waals surface area contributed by atoms with E-state index in [1.807, 2.05) is 0 Å². The molecule has 0 amide bonds. The summed E-state index contributed by atoms with van der Waals surface area (Å²) in [6.45, 7) is 10.1. The summed E-state index contributed by atoms with van der Waals surface area (Å²) < 4.78 is 37.7. The number of hydrogen-bond donors (Lipinski definition) is 1. The van der Waals surface area contributed by atoms with Gasteiger partial charge in [-0.1, -0.05) is 27.7 Å². The van der Waals surface area contributed by atoms with Crippen LogP contribution in [-0.2, 0) is 0 Å². The fraction of sp³-hybridized carbons (Fsp3) is 1.00. The molecule has 0 aliphatic heterocycles. The zero-order valence-corrected chi connectivity index (χ0v) is 12.4. The number of hydrogen-bond acceptors (Lipinski definition) is 1. The van der Waals surface area contributed by atoms with Gasteiger partial charge < -0.3 is 5.32 Å². The Morgan fingerprint density at radius 3 is 1.79 bits per heavy atom. The molecule has 0 aromatic carbocycles. The maximum Gasteiger partial charge on any atom is 0.391 e. The average Bonchev–Trinajstić information content (AvgIpc) is 2.66. The fourth-order valence-corrected chi connectivity index (χ4v) is 3.75. The van der Waals surface area contributed by atoms with E-state index in [2.05, 4.69) is 33.0 Å². The Morgan fingerprint density at radius 1 is 0.947 bits per heavy atom. The third-order valence-electron chi connectivity index (χ3n) is 6.12. The summed E-state index contributed by atoms with van der Waals surface area (Å²) in [4.78, 5) is 0. The van der Waals surface area contributed by atoms with E-state index in [1.54, 1.807) is 0 Å². The smallest absolute Gasteiger partial charge is 0.314 e. The lowest BCUT2D eigenvalue weighted by molar-refractivity contribution is -0.182. The molecular weight excluding hydrogens is 251 g/mol. The molecule has 0 aromatic rings. The van der Waals surface area contributed by atoms with Gasteiger partial charge in [-0.05, 0) is 49.0 Å². The first-order valence-electron chi connectivity index (χ1n) is 7.37. The highest BCUT2D eigenvalue weighted by Gasteiger charge is 2.63. The lowest BCUT2D eigenvalue weighted by Gasteiger charge is -2.30. The summed E-state index contributed by atoms with van der Waals surface area (Å²) in [5, 5.41) is 3.50. The Bertz CT molecular complexity index is 311. The summed E-state index contributed by atoms with van der Waals surface area (Å²) in [5.74, 6) is -0.431. The predicted molar refractivity (Wildman–Crippen MR) is 70.9 cm³/mol. The van der Waals surface area contributed by atoms with E-state index in [-0.39, 0.29) is 6.04 Å². The van der Waals surface area contributed by atoms with E-state index in [1.165, 1.54) is 0 Å². The van der Waals surface area contributed by atoms with Crippen LogP contribution in [-0.4, -0.2) is 18.8 Å². The predicted octanol–water partition coefficient (Wildman–Crippen LogP) is 4.38. The van der Waals surface area contributed by atoms with Gasteiger partial charge in [0.15, 0.2) is 0 Å². The standard InChI is InChI=1S/C15H26F3N/c1-13(2)12(14(13,3)4)9-19-11-7-5-10(6-8-11)15(16,17)18/h10-12,19H,5-9H2,1-4H3. The summed E-state index contributed by atoms with van der Waals surface area (Å²) in [6, 6.07) is 0.283. The minimum Gasteiger partial charge on any atom is -0.314 e. The molecule has 0 atom stereocenters. The molecular formula is C15H26F3N. The summed E-state index contributed by atoms with van der Waals surface area (Å²) in [6.07, 6.45) is -2.09. The molecule has 4 heteroatoms. The Morgan fingerprint density at radius 2 is 1.42 bits per heavy atom. The van der Waals surface area contributed by atoms with Crippen LogP contribution >= 0.6 is 0 Å². The van der Waals surface area contributed by atoms with E-state index in [4.69, 9.17) is 0 Å². The second kappa shape index (κ2) is 4.64. The maximum absolute atomic E-state index is 12.6. The van der Waals surface area contributed by atoms with Crippen LogP contribution in [0.2, 0.25) is 0 Å². The molecule has 0 radical (unpaired) electrons. The van der Waals surface area contributed by atoms with Crippen molar-refractivity contribution in [3.63, 3.8) is 0 Å². The average molecular weight is 277 g/mol. The van der Waals surface area contributed by atoms with Gasteiger partial charge in [-0.2, -0.15) is 13.2 Å². The van der Waals surface area contributed by atoms with Crippen molar-refractivity contribution < 1.29 is 13.2 Å². The lowest BCUT2D eigenvalue weighted by Crippen LogP contribution is -2.38. The van der Waals surface area contributed by atoms with E-state index >= 15 is 0 Å². The van der Waals surface area contributed by atoms with Gasteiger partial charge in [0.05, 0.1) is 5.92 Å². The number of nitrogens with one attached hydrogen (secondary N) is 1. The molecule has 0 spiro atoms. The Balaban J connectivity index is 1.73. The Kier molecular flexibility index (Phi) is 3.70. The second-order valence-electron chi connectivity index (χ2n) is 7.49. The Hall–Kier alpha value is -0.250. The molecule has 112 valence electrons. The monoisotopic (exact) mass is 277 g/mol. The van der Waals surface area contributed by atoms with Crippen molar-refractivity contribution in [1.82, 2.24) is 5.32 Å². The van der Waals surface area contributed by atoms with Crippen molar-refractivity contribution in [3.8, 4) is 0 Å². The molecule has 2 aliphatic carbocycles. The van der Waals surface area contributed by atoms with Crippen LogP contribution in [0.5, 0.6) is 0 Å². The van der Waals surface area contributed by atoms with E-state index in [9.17, 15) is 13.2 Å². The van der Waals surface area contributed by atoms with Crippen LogP contribution in [0.3, 0.4) is 0 Å². The molecule has 1 N–H and O–H groups in total. The lowest BCUT2D eigenvalue weighted by atomic mass is 9.85. The van der Waals surface area contributed by atoms with Gasteiger partial charge in [0, 0.05) is 6.04 Å². The second-order valence-corrected chi connectivity index (χ2v) is 7.49. The van der Waals surface area contributed by atoms with Gasteiger partial charge in [-0.25, -0.2) is 0 Å². The van der Waals surface area contributed by atoms with Gasteiger partial charge in [-0.3, -0.25) is 0 Å². The summed E-state index contributed by atoms with van der Waals surface area (Å²) in [7, 11) is 0. The van der Waals surface area contributed by atoms with Gasteiger partial charge >= 0.3 is 6.18 Å². The number of rotatable bonds is 3. The van der Waals surface area contributed by atoms with Gasteiger partial charge in [0.1, 0.15) is 0 Å². The SMILES string of the molecule is CC1(C)C(CNC2CCC(C(F)(F)F)CC2)C1(C)C. The van der Waals surface area contributed by atoms with E-state index in [0.717, 1.165) is 6.54 Å². The first-order valence-corrected chi connectivity index (χ1v) is 7.37. The van der Waals surface area contributed by atoms with Crippen molar-refractivity contribution in [2.75, 3.05) is 6.54 Å². The van der Waals surface area contributed by atoms with Crippen LogP contribution in [0.1, 0.15) is 53.4 Å². The molecule has 2 fully saturated rings. The molecule has 0 unspecified atom stereocenters. The third-order valence-corrected chi connectivity index (χ3v) is 6.12. The zero-order chi connectivity index (χ0) is 14.5. The first kappa shape index (κ1) is 15.1. The molecule has 2 saturated carbocycles. The molecule has 0 aromatic heterocycles. The van der Waals surface area contributed by atoms with E-state index in [0.29, 0.717) is 42.4 Å². The molecule has 19 heavy (non-hydrogen) atoms. The van der Waals surface area contributed by atoms with Crippen LogP contribution in [0.25, 0.3) is 0 Å². The summed E-state index contributed by atoms with van der Waals surface area (Å²) >= 11 is 0. The molecule has 0 heterocycles. The van der Waals surface area contributed by atoms with Crippen LogP contribution < -0.4 is 5.32 Å². The maximum atomic E-state index is 12.6. The fourth-order valence-electron chi connectivity index (χ4n) is 3.75. The minimum atomic E-state index is -3.99. The van der Waals surface area contributed by atoms with Crippen molar-refractivity contribution in [3.05, 3.63) is 0 Å². The molecule has 0 saturated heterocycles. The largest absolute Gasteiger partial charge is 0.391 e. The highest BCUT2D eigenvalue weighted by Crippen LogP contribution is 2.68. The highest BCUT2D eigenvalue weighted by molar-refractivity contribution is 5.13. The van der Waals surface area contributed by atoms with Crippen molar-refractivity contribution in [1.29, 1.82) is 0 Å². The molecule has 2 rings (SSSR count). The van der Waals surface area contributed by atoms with Crippen LogP contribution in [0.15, 0.2) is 0 Å². The summed E-state index contributed by atoms with van der Waals surface area (Å²) in [5.41, 5.74) is 0.701. The number of halogens is 3. The van der Waals surface area contributed by atoms with E-state index < -0.39 is 12.1 Å². The molecule has 0 bridgehead atoms. The van der Waals surface area contributed by atoms with Gasteiger partial charge in [0.2, 0.25) is 0 Å². The zero-order valence-electron chi connectivity index (χ0n) is 12.4. The third kappa shape index (κ3) is 2.79. The van der Waals surface area contributed by atoms with Gasteiger partial charge in [0.25, 0.3) is 0 Å². The van der Waals surface area contributed by atoms with Gasteiger partial charge in [-0.15, -0.1) is 0 Å².